The van der Waals surface area contributed by atoms with Crippen LogP contribution in [0.3, 0.4) is 0 Å². The molecular formula is C15H9Cl2F3IrN2. The maximum Gasteiger partial charge on any atom is 2.00 e. The minimum Gasteiger partial charge on any atom is -1.00 e. The second kappa shape index (κ2) is 8.60. The van der Waals surface area contributed by atoms with Crippen LogP contribution in [0.25, 0.3) is 22.2 Å². The van der Waals surface area contributed by atoms with Crippen molar-refractivity contribution in [3.05, 3.63) is 60.4 Å². The monoisotopic (exact) mass is 537 g/mol. The van der Waals surface area contributed by atoms with Crippen molar-refractivity contribution in [1.82, 2.24) is 9.97 Å². The first-order valence-electron chi connectivity index (χ1n) is 5.93. The van der Waals surface area contributed by atoms with Crippen molar-refractivity contribution < 1.29 is 58.1 Å². The third-order valence-corrected chi connectivity index (χ3v) is 3.03. The van der Waals surface area contributed by atoms with Crippen molar-refractivity contribution in [2.45, 2.75) is 6.18 Å². The first-order chi connectivity index (χ1) is 9.55. The zero-order valence-corrected chi connectivity index (χ0v) is 15.2. The molecule has 8 heteroatoms. The molecule has 2 aromatic carbocycles. The van der Waals surface area contributed by atoms with E-state index in [2.05, 4.69) is 9.97 Å². The molecule has 0 bridgehead atoms. The molecule has 3 aromatic rings. The van der Waals surface area contributed by atoms with Gasteiger partial charge in [0, 0.05) is 10.9 Å². The summed E-state index contributed by atoms with van der Waals surface area (Å²) in [6.07, 6.45) is -2.92. The third-order valence-electron chi connectivity index (χ3n) is 3.03. The summed E-state index contributed by atoms with van der Waals surface area (Å²) in [5.41, 5.74) is 1.36. The van der Waals surface area contributed by atoms with E-state index in [4.69, 9.17) is 0 Å². The molecule has 0 unspecified atom stereocenters. The van der Waals surface area contributed by atoms with Gasteiger partial charge < -0.3 is 24.8 Å². The molecule has 0 atom stereocenters. The fraction of sp³-hybridized carbons (Fsp3) is 0.0667. The first-order valence-corrected chi connectivity index (χ1v) is 5.93. The van der Waals surface area contributed by atoms with E-state index in [1.807, 2.05) is 24.3 Å². The van der Waals surface area contributed by atoms with Gasteiger partial charge in [-0.15, -0.1) is 0 Å². The molecule has 0 spiro atoms. The van der Waals surface area contributed by atoms with Crippen molar-refractivity contribution in [2.75, 3.05) is 0 Å². The molecule has 0 saturated heterocycles. The van der Waals surface area contributed by atoms with Gasteiger partial charge in [0.25, 0.3) is 0 Å². The second-order valence-corrected chi connectivity index (χ2v) is 4.31. The molecule has 3 rings (SSSR count). The van der Waals surface area contributed by atoms with Crippen LogP contribution in [-0.4, -0.2) is 9.97 Å². The number of fused-ring (bicyclic) bond motifs is 1. The van der Waals surface area contributed by atoms with E-state index in [0.29, 0.717) is 11.3 Å². The van der Waals surface area contributed by atoms with E-state index in [9.17, 15) is 13.2 Å². The predicted octanol–water partition coefficient (Wildman–Crippen LogP) is -1.68. The molecule has 0 saturated carbocycles. The summed E-state index contributed by atoms with van der Waals surface area (Å²) in [5, 5.41) is 0.815. The van der Waals surface area contributed by atoms with Gasteiger partial charge in [-0.25, -0.2) is 9.97 Å². The average molecular weight is 537 g/mol. The molecule has 0 aliphatic rings. The number of para-hydroxylation sites is 1. The molecule has 0 aliphatic carbocycles. The summed E-state index contributed by atoms with van der Waals surface area (Å²) < 4.78 is 37.6. The normalized spacial score (nSPS) is 10.2. The summed E-state index contributed by atoms with van der Waals surface area (Å²) >= 11 is 0. The molecule has 0 N–H and O–H groups in total. The molecule has 1 radical (unpaired) electrons. The maximum absolute atomic E-state index is 12.5. The van der Waals surface area contributed by atoms with Crippen LogP contribution in [-0.2, 0) is 26.3 Å². The van der Waals surface area contributed by atoms with Crippen LogP contribution in [0.15, 0.2) is 54.9 Å². The zero-order valence-electron chi connectivity index (χ0n) is 11.3. The van der Waals surface area contributed by atoms with Crippen LogP contribution < -0.4 is 24.8 Å². The summed E-state index contributed by atoms with van der Waals surface area (Å²) in [4.78, 5) is 8.31. The van der Waals surface area contributed by atoms with E-state index >= 15 is 0 Å². The Balaban J connectivity index is 0.00000161. The van der Waals surface area contributed by atoms with E-state index in [-0.39, 0.29) is 44.9 Å². The number of halogens is 5. The molecular weight excluding hydrogens is 528 g/mol. The first kappa shape index (κ1) is 21.8. The standard InChI is InChI=1S/C15H9F3N2.2ClH.Ir/c16-15(17,18)11-7-5-10(6-8-11)14-12-3-1-2-4-13(12)19-9-20-14;;;/h1-9H;2*1H;/q;;;+2/p-2. The number of alkyl halides is 3. The Labute approximate surface area is 156 Å². The molecule has 123 valence electrons. The molecule has 0 aliphatic heterocycles. The summed E-state index contributed by atoms with van der Waals surface area (Å²) in [7, 11) is 0. The average Bonchev–Trinajstić information content (AvgIpc) is 2.46. The van der Waals surface area contributed by atoms with Crippen LogP contribution in [0.2, 0.25) is 0 Å². The fourth-order valence-electron chi connectivity index (χ4n) is 2.05. The van der Waals surface area contributed by atoms with Gasteiger partial charge in [0.15, 0.2) is 0 Å². The molecule has 0 amide bonds. The fourth-order valence-corrected chi connectivity index (χ4v) is 2.05. The molecule has 1 aromatic heterocycles. The van der Waals surface area contributed by atoms with Crippen LogP contribution >= 0.6 is 0 Å². The van der Waals surface area contributed by atoms with Crippen molar-refractivity contribution in [3.63, 3.8) is 0 Å². The Hall–Kier alpha value is -1.20. The smallest absolute Gasteiger partial charge is 1.00 e. The quantitative estimate of drug-likeness (QED) is 0.371. The minimum atomic E-state index is -4.33. The maximum atomic E-state index is 12.5. The van der Waals surface area contributed by atoms with Gasteiger partial charge >= 0.3 is 26.3 Å². The van der Waals surface area contributed by atoms with E-state index in [0.717, 1.165) is 23.0 Å². The van der Waals surface area contributed by atoms with E-state index < -0.39 is 11.7 Å². The minimum absolute atomic E-state index is 0. The van der Waals surface area contributed by atoms with Crippen molar-refractivity contribution >= 4 is 10.9 Å². The summed E-state index contributed by atoms with van der Waals surface area (Å²) in [6.45, 7) is 0. The van der Waals surface area contributed by atoms with Crippen LogP contribution in [0.4, 0.5) is 13.2 Å². The van der Waals surface area contributed by atoms with Gasteiger partial charge in [0.2, 0.25) is 0 Å². The van der Waals surface area contributed by atoms with Gasteiger partial charge in [-0.2, -0.15) is 13.2 Å². The van der Waals surface area contributed by atoms with Gasteiger partial charge in [-0.3, -0.25) is 0 Å². The SMILES string of the molecule is FC(F)(F)c1ccc(-c2ncnc3ccccc23)cc1.[Cl-].[Cl-].[Ir+2]. The number of hydrogen-bond acceptors (Lipinski definition) is 2. The van der Waals surface area contributed by atoms with Crippen LogP contribution in [0, 0.1) is 0 Å². The Morgan fingerprint density at radius 2 is 1.39 bits per heavy atom. The Morgan fingerprint density at radius 1 is 0.783 bits per heavy atom. The van der Waals surface area contributed by atoms with Gasteiger partial charge in [0.1, 0.15) is 6.33 Å². The number of aromatic nitrogens is 2. The molecule has 1 heterocycles. The largest absolute Gasteiger partial charge is 2.00 e. The van der Waals surface area contributed by atoms with Gasteiger partial charge in [0.05, 0.1) is 16.8 Å². The van der Waals surface area contributed by atoms with E-state index in [1.54, 1.807) is 0 Å². The van der Waals surface area contributed by atoms with Crippen molar-refractivity contribution in [2.24, 2.45) is 0 Å². The summed E-state index contributed by atoms with van der Waals surface area (Å²) in [6, 6.07) is 12.4. The van der Waals surface area contributed by atoms with E-state index in [1.165, 1.54) is 18.5 Å². The number of rotatable bonds is 1. The Bertz CT molecular complexity index is 759. The Kier molecular flexibility index (Phi) is 8.15. The van der Waals surface area contributed by atoms with Crippen LogP contribution in [0.5, 0.6) is 0 Å². The topological polar surface area (TPSA) is 25.8 Å². The number of hydrogen-bond donors (Lipinski definition) is 0. The number of nitrogens with zero attached hydrogens (tertiary/aromatic N) is 2. The third kappa shape index (κ3) is 4.64. The van der Waals surface area contributed by atoms with Crippen LogP contribution in [0.1, 0.15) is 5.56 Å². The number of benzene rings is 2. The second-order valence-electron chi connectivity index (χ2n) is 4.31. The molecule has 0 fully saturated rings. The van der Waals surface area contributed by atoms with Gasteiger partial charge in [-0.05, 0) is 18.2 Å². The van der Waals surface area contributed by atoms with Crippen molar-refractivity contribution in [3.8, 4) is 11.3 Å². The van der Waals surface area contributed by atoms with Gasteiger partial charge in [-0.1, -0.05) is 30.3 Å². The molecule has 23 heavy (non-hydrogen) atoms. The Morgan fingerprint density at radius 3 is 2.00 bits per heavy atom. The zero-order chi connectivity index (χ0) is 14.2. The summed E-state index contributed by atoms with van der Waals surface area (Å²) in [5.74, 6) is 0. The predicted molar refractivity (Wildman–Crippen MR) is 70.0 cm³/mol. The van der Waals surface area contributed by atoms with Crippen molar-refractivity contribution in [1.29, 1.82) is 0 Å². The molecule has 2 nitrogen and oxygen atoms in total.